The molecule has 5 aliphatic heterocycles. The van der Waals surface area contributed by atoms with E-state index in [0.717, 1.165) is 12.5 Å². The molecule has 0 unspecified atom stereocenters. The molecule has 0 amide bonds. The van der Waals surface area contributed by atoms with Crippen LogP contribution in [0.15, 0.2) is 11.6 Å². The molecule has 0 aliphatic carbocycles. The summed E-state index contributed by atoms with van der Waals surface area (Å²) in [6.07, 6.45) is 11.8. The molecule has 4 fully saturated rings. The van der Waals surface area contributed by atoms with Gasteiger partial charge in [0.05, 0.1) is 0 Å². The highest BCUT2D eigenvalue weighted by molar-refractivity contribution is 5.05. The summed E-state index contributed by atoms with van der Waals surface area (Å²) in [5.74, 6) is 0.952. The predicted octanol–water partition coefficient (Wildman–Crippen LogP) is 18.7. The predicted molar refractivity (Wildman–Crippen MR) is 317 cm³/mol. The lowest BCUT2D eigenvalue weighted by Gasteiger charge is -2.52. The largest absolute Gasteiger partial charge is 0.298 e. The van der Waals surface area contributed by atoms with Crippen molar-refractivity contribution in [3.63, 3.8) is 0 Å². The Morgan fingerprint density at radius 1 is 0.403 bits per heavy atom. The Hall–Kier alpha value is -0.460. The maximum Gasteiger partial charge on any atom is 0.0171 e. The van der Waals surface area contributed by atoms with Gasteiger partial charge in [0, 0.05) is 60.4 Å². The van der Waals surface area contributed by atoms with Gasteiger partial charge < -0.3 is 0 Å². The van der Waals surface area contributed by atoms with Crippen LogP contribution in [0.5, 0.6) is 0 Å². The van der Waals surface area contributed by atoms with Crippen molar-refractivity contribution in [1.82, 2.24) is 24.5 Å². The molecule has 4 saturated heterocycles. The molecular weight excluding hydrogens is 815 g/mol. The van der Waals surface area contributed by atoms with Crippen molar-refractivity contribution >= 4 is 0 Å². The van der Waals surface area contributed by atoms with Crippen LogP contribution >= 0.6 is 0 Å². The van der Waals surface area contributed by atoms with E-state index in [1.807, 2.05) is 69.2 Å². The molecule has 0 spiro atoms. The average Bonchev–Trinajstić information content (AvgIpc) is 3.48. The lowest BCUT2D eigenvalue weighted by atomic mass is 9.81. The Kier molecular flexibility index (Phi) is 42.4. The first-order valence-corrected chi connectivity index (χ1v) is 28.3. The summed E-state index contributed by atoms with van der Waals surface area (Å²) in [4.78, 5) is 12.8. The van der Waals surface area contributed by atoms with Crippen LogP contribution < -0.4 is 0 Å². The van der Waals surface area contributed by atoms with Crippen LogP contribution in [0.1, 0.15) is 281 Å². The second-order valence-electron chi connectivity index (χ2n) is 26.1. The topological polar surface area (TPSA) is 16.2 Å². The third-order valence-corrected chi connectivity index (χ3v) is 13.2. The average molecular weight is 955 g/mol. The molecule has 5 heteroatoms. The van der Waals surface area contributed by atoms with Crippen LogP contribution in [0.4, 0.5) is 0 Å². The van der Waals surface area contributed by atoms with E-state index in [4.69, 9.17) is 0 Å². The third kappa shape index (κ3) is 37.9. The standard InChI is InChI=1S/C12H25N.2C10H21N.C10H19N.C9H19N.5C2H6.CH4/c1-11(2,3)13-9-6-7-12(4,5)8-10-13;1-9(2,3)11-7-6-10(4,5)8-11;2*1-9-5-7-11(8-6-9)10(2,3)4;1-8(2,3)10-6-9(4,5)7-10;5*1-2;/h6-10H2,1-5H3;6-8H2,1-5H3;9H,5-8H2,1-4H3;5H,6-8H2,1-4H3;6-7H2,1-5H3;5*1-2H3;1H4. The van der Waals surface area contributed by atoms with Gasteiger partial charge in [-0.15, -0.1) is 0 Å². The Morgan fingerprint density at radius 3 is 1.00 bits per heavy atom. The fraction of sp³-hybridized carbons (Fsp3) is 0.968. The maximum absolute atomic E-state index is 2.63. The first-order valence-electron chi connectivity index (χ1n) is 28.3. The SMILES string of the molecule is C.CC.CC.CC.CC.CC.CC1(C)CCCN(C(C)(C)C)CC1.CC1(C)CCN(C(C)(C)C)C1.CC1(C)CN(C(C)(C)C)C1.CC1=CCN(C(C)(C)C)CC1.CC1CCN(C(C)(C)C)CC1. The van der Waals surface area contributed by atoms with Crippen LogP contribution in [-0.4, -0.2) is 118 Å². The number of nitrogens with zero attached hydrogens (tertiary/aromatic N) is 5. The van der Waals surface area contributed by atoms with Gasteiger partial charge in [-0.2, -0.15) is 0 Å². The maximum atomic E-state index is 2.63. The Morgan fingerprint density at radius 2 is 0.731 bits per heavy atom. The number of hydrogen-bond acceptors (Lipinski definition) is 5. The van der Waals surface area contributed by atoms with Gasteiger partial charge in [0.25, 0.3) is 0 Å². The smallest absolute Gasteiger partial charge is 0.0171 e. The molecule has 0 aromatic rings. The molecule has 0 saturated carbocycles. The van der Waals surface area contributed by atoms with Crippen molar-refractivity contribution in [2.45, 2.75) is 309 Å². The zero-order valence-corrected chi connectivity index (χ0v) is 52.9. The van der Waals surface area contributed by atoms with Crippen molar-refractivity contribution in [2.75, 3.05) is 65.4 Å². The Labute approximate surface area is 430 Å². The third-order valence-electron chi connectivity index (χ3n) is 13.2. The van der Waals surface area contributed by atoms with E-state index in [0.29, 0.717) is 43.9 Å². The second kappa shape index (κ2) is 36.5. The fourth-order valence-electron chi connectivity index (χ4n) is 8.30. The van der Waals surface area contributed by atoms with Crippen molar-refractivity contribution < 1.29 is 0 Å². The molecule has 0 atom stereocenters. The molecular formula is C62H139N5. The summed E-state index contributed by atoms with van der Waals surface area (Å²) in [6, 6.07) is 0. The minimum absolute atomic E-state index is 0. The highest BCUT2D eigenvalue weighted by atomic mass is 15.3. The lowest BCUT2D eigenvalue weighted by molar-refractivity contribution is -0.0366. The molecule has 5 heterocycles. The lowest BCUT2D eigenvalue weighted by Crippen LogP contribution is -2.60. The van der Waals surface area contributed by atoms with E-state index in [9.17, 15) is 0 Å². The summed E-state index contributed by atoms with van der Waals surface area (Å²) >= 11 is 0. The zero-order valence-electron chi connectivity index (χ0n) is 52.9. The van der Waals surface area contributed by atoms with Crippen molar-refractivity contribution in [1.29, 1.82) is 0 Å². The number of rotatable bonds is 0. The summed E-state index contributed by atoms with van der Waals surface area (Å²) in [5, 5.41) is 0. The summed E-state index contributed by atoms with van der Waals surface area (Å²) in [7, 11) is 0. The Balaban J connectivity index is -0.000000165. The van der Waals surface area contributed by atoms with Crippen molar-refractivity contribution in [3.8, 4) is 0 Å². The van der Waals surface area contributed by atoms with Gasteiger partial charge in [-0.05, 0) is 211 Å². The molecule has 0 bridgehead atoms. The van der Waals surface area contributed by atoms with E-state index in [2.05, 4.69) is 190 Å². The molecule has 0 aromatic heterocycles. The first-order chi connectivity index (χ1) is 29.9. The van der Waals surface area contributed by atoms with Gasteiger partial charge >= 0.3 is 0 Å². The molecule has 412 valence electrons. The minimum Gasteiger partial charge on any atom is -0.298 e. The van der Waals surface area contributed by atoms with Crippen LogP contribution in [0.25, 0.3) is 0 Å². The van der Waals surface area contributed by atoms with Crippen LogP contribution in [0.3, 0.4) is 0 Å². The molecule has 67 heavy (non-hydrogen) atoms. The molecule has 5 rings (SSSR count). The zero-order chi connectivity index (χ0) is 53.8. The molecule has 0 aromatic carbocycles. The normalized spacial score (nSPS) is 21.1. The number of hydrogen-bond donors (Lipinski definition) is 0. The molecule has 5 nitrogen and oxygen atoms in total. The molecule has 0 N–H and O–H groups in total. The first kappa shape index (κ1) is 78.0. The van der Waals surface area contributed by atoms with Crippen molar-refractivity contribution in [2.24, 2.45) is 22.2 Å². The van der Waals surface area contributed by atoms with Gasteiger partial charge in [-0.3, -0.25) is 24.5 Å². The summed E-state index contributed by atoms with van der Waals surface area (Å²) in [6.45, 7) is 85.8. The van der Waals surface area contributed by atoms with Crippen LogP contribution in [-0.2, 0) is 0 Å². The van der Waals surface area contributed by atoms with Crippen LogP contribution in [0.2, 0.25) is 0 Å². The van der Waals surface area contributed by atoms with Gasteiger partial charge in [0.1, 0.15) is 0 Å². The Bertz CT molecular complexity index is 1130. The van der Waals surface area contributed by atoms with Crippen LogP contribution in [0, 0.1) is 22.2 Å². The van der Waals surface area contributed by atoms with E-state index in [1.54, 1.807) is 5.57 Å². The van der Waals surface area contributed by atoms with Gasteiger partial charge in [0.15, 0.2) is 0 Å². The molecule has 5 aliphatic rings. The minimum atomic E-state index is 0. The van der Waals surface area contributed by atoms with E-state index >= 15 is 0 Å². The number of piperidine rings is 1. The fourth-order valence-corrected chi connectivity index (χ4v) is 8.30. The summed E-state index contributed by atoms with van der Waals surface area (Å²) in [5.41, 5.74) is 5.09. The van der Waals surface area contributed by atoms with E-state index in [-0.39, 0.29) is 7.43 Å². The van der Waals surface area contributed by atoms with E-state index in [1.165, 1.54) is 104 Å². The quantitative estimate of drug-likeness (QED) is 0.224. The van der Waals surface area contributed by atoms with Crippen molar-refractivity contribution in [3.05, 3.63) is 11.6 Å². The van der Waals surface area contributed by atoms with E-state index < -0.39 is 0 Å². The second-order valence-corrected chi connectivity index (χ2v) is 26.1. The van der Waals surface area contributed by atoms with Gasteiger partial charge in [0.2, 0.25) is 0 Å². The van der Waals surface area contributed by atoms with Gasteiger partial charge in [-0.1, -0.05) is 137 Å². The summed E-state index contributed by atoms with van der Waals surface area (Å²) < 4.78 is 0. The monoisotopic (exact) mass is 954 g/mol. The molecule has 0 radical (unpaired) electrons. The highest BCUT2D eigenvalue weighted by Gasteiger charge is 2.39. The number of likely N-dealkylation sites (tertiary alicyclic amines) is 4. The highest BCUT2D eigenvalue weighted by Crippen LogP contribution is 2.35. The van der Waals surface area contributed by atoms with Gasteiger partial charge in [-0.25, -0.2) is 0 Å².